The minimum atomic E-state index is -1.38. The quantitative estimate of drug-likeness (QED) is 0.0495. The second-order valence-electron chi connectivity index (χ2n) is 13.6. The zero-order chi connectivity index (χ0) is 40.7. The van der Waals surface area contributed by atoms with Gasteiger partial charge in [-0.1, -0.05) is 72.8 Å². The number of carboxylic acids is 1. The smallest absolute Gasteiger partial charge is 0.326 e. The number of benzene rings is 3. The van der Waals surface area contributed by atoms with Gasteiger partial charge in [-0.3, -0.25) is 29.4 Å². The van der Waals surface area contributed by atoms with Crippen LogP contribution in [0.1, 0.15) is 41.7 Å². The van der Waals surface area contributed by atoms with E-state index in [1.165, 1.54) is 11.3 Å². The molecule has 2 aliphatic heterocycles. The molecule has 0 radical (unpaired) electrons. The molecule has 5 amide bonds. The van der Waals surface area contributed by atoms with Crippen molar-refractivity contribution in [3.8, 4) is 11.1 Å². The Morgan fingerprint density at radius 3 is 2.02 bits per heavy atom. The summed E-state index contributed by atoms with van der Waals surface area (Å²) in [5, 5.41) is 35.6. The van der Waals surface area contributed by atoms with Crippen molar-refractivity contribution < 1.29 is 33.9 Å². The third kappa shape index (κ3) is 13.0. The molecule has 2 bridgehead atoms. The molecule has 4 atom stereocenters. The van der Waals surface area contributed by atoms with Gasteiger partial charge in [-0.05, 0) is 58.7 Å². The first-order chi connectivity index (χ1) is 27.4. The normalized spacial score (nSPS) is 19.8. The van der Waals surface area contributed by atoms with Crippen molar-refractivity contribution in [1.82, 2.24) is 26.6 Å². The van der Waals surface area contributed by atoms with Gasteiger partial charge in [-0.2, -0.15) is 0 Å². The number of rotatable bonds is 10. The molecule has 298 valence electrons. The summed E-state index contributed by atoms with van der Waals surface area (Å²) in [6, 6.07) is 22.2. The third-order valence-corrected chi connectivity index (χ3v) is 10.2. The molecule has 3 aromatic carbocycles. The lowest BCUT2D eigenvalue weighted by Crippen LogP contribution is -2.58. The van der Waals surface area contributed by atoms with E-state index in [2.05, 4.69) is 31.9 Å². The summed E-state index contributed by atoms with van der Waals surface area (Å²) in [5.41, 5.74) is 9.02. The minimum Gasteiger partial charge on any atom is -0.480 e. The monoisotopic (exact) mass is 794 g/mol. The number of hydrogen-bond donors (Lipinski definition) is 9. The Balaban J connectivity index is 1.48. The molecule has 0 spiro atoms. The van der Waals surface area contributed by atoms with Gasteiger partial charge in [-0.15, -0.1) is 11.3 Å². The summed E-state index contributed by atoms with van der Waals surface area (Å²) in [6.45, 7) is 0.193. The van der Waals surface area contributed by atoms with Crippen LogP contribution in [0, 0.1) is 5.41 Å². The number of carbonyl (C=O) groups is 6. The highest BCUT2D eigenvalue weighted by Crippen LogP contribution is 2.20. The fraction of sp³-hybridized carbons (Fsp3) is 0.293. The van der Waals surface area contributed by atoms with Gasteiger partial charge in [0.05, 0.1) is 0 Å². The maximum Gasteiger partial charge on any atom is 0.326 e. The average Bonchev–Trinajstić information content (AvgIpc) is 3.71. The lowest BCUT2D eigenvalue weighted by molar-refractivity contribution is -0.142. The summed E-state index contributed by atoms with van der Waals surface area (Å²) in [4.78, 5) is 81.3. The number of carboxylic acid groups (broad SMARTS) is 1. The van der Waals surface area contributed by atoms with E-state index in [1.54, 1.807) is 24.3 Å². The second-order valence-corrected chi connectivity index (χ2v) is 14.7. The molecule has 57 heavy (non-hydrogen) atoms. The fourth-order valence-corrected chi connectivity index (χ4v) is 6.99. The van der Waals surface area contributed by atoms with Crippen LogP contribution in [0.5, 0.6) is 0 Å². The summed E-state index contributed by atoms with van der Waals surface area (Å²) >= 11 is 1.39. The van der Waals surface area contributed by atoms with Crippen LogP contribution in [0.4, 0.5) is 5.69 Å². The standard InChI is InChI=1S/C41H46N8O7S/c42-41(43)44-20-4-9-31-37(52)49-34(40(55)56)23-26-12-16-29(17-13-26)45-35(50)18-19-36(51)46-33(24-30-8-5-21-57-30)39(54)48-32(38(53)47-31)22-25-10-14-28(15-11-25)27-6-2-1-3-7-27/h1-3,5-8,10-17,21,31-34H,4,9,18-20,22-24H2,(H,45,50)(H,46,51)(H,47,53)(H,48,54)(H,49,52)(H,55,56)(H4,42,43,44)/t31-,32-,33+,34-/m0/s1. The predicted octanol–water partition coefficient (Wildman–Crippen LogP) is 2.46. The van der Waals surface area contributed by atoms with Gasteiger partial charge < -0.3 is 42.7 Å². The molecule has 1 aromatic heterocycles. The average molecular weight is 795 g/mol. The summed E-state index contributed by atoms with van der Waals surface area (Å²) < 4.78 is 0. The molecule has 6 rings (SSSR count). The Labute approximate surface area is 333 Å². The van der Waals surface area contributed by atoms with Crippen molar-refractivity contribution in [2.45, 2.75) is 69.1 Å². The van der Waals surface area contributed by atoms with E-state index in [-0.39, 0.29) is 57.5 Å². The molecule has 16 heteroatoms. The van der Waals surface area contributed by atoms with Gasteiger partial charge in [0.2, 0.25) is 29.5 Å². The molecule has 0 aliphatic carbocycles. The van der Waals surface area contributed by atoms with Gasteiger partial charge in [0.25, 0.3) is 0 Å². The summed E-state index contributed by atoms with van der Waals surface area (Å²) in [5.74, 6) is -4.73. The first kappa shape index (κ1) is 41.6. The Hall–Kier alpha value is -6.55. The summed E-state index contributed by atoms with van der Waals surface area (Å²) in [6.07, 6.45) is -0.104. The number of amides is 5. The Morgan fingerprint density at radius 1 is 0.737 bits per heavy atom. The maximum atomic E-state index is 14.3. The number of carbonyl (C=O) groups excluding carboxylic acids is 5. The number of thiophene rings is 1. The molecule has 15 nitrogen and oxygen atoms in total. The number of hydrogen-bond acceptors (Lipinski definition) is 8. The number of nitrogens with one attached hydrogen (secondary N) is 7. The van der Waals surface area contributed by atoms with Gasteiger partial charge in [-0.25, -0.2) is 4.79 Å². The molecule has 10 N–H and O–H groups in total. The van der Waals surface area contributed by atoms with E-state index in [0.717, 1.165) is 16.0 Å². The highest BCUT2D eigenvalue weighted by atomic mass is 32.1. The second kappa shape index (κ2) is 20.4. The molecule has 4 aromatic rings. The van der Waals surface area contributed by atoms with E-state index < -0.39 is 59.7 Å². The minimum absolute atomic E-state index is 0.000285. The van der Waals surface area contributed by atoms with E-state index in [0.29, 0.717) is 16.8 Å². The number of guanidine groups is 1. The lowest BCUT2D eigenvalue weighted by atomic mass is 9.99. The molecule has 0 unspecified atom stereocenters. The molecule has 3 heterocycles. The number of fused-ring (bicyclic) bond motifs is 18. The van der Waals surface area contributed by atoms with Crippen LogP contribution in [-0.4, -0.2) is 77.3 Å². The highest BCUT2D eigenvalue weighted by molar-refractivity contribution is 7.09. The lowest BCUT2D eigenvalue weighted by Gasteiger charge is -2.26. The third-order valence-electron chi connectivity index (χ3n) is 9.26. The van der Waals surface area contributed by atoms with Crippen molar-refractivity contribution in [3.63, 3.8) is 0 Å². The largest absolute Gasteiger partial charge is 0.480 e. The molecule has 2 aliphatic rings. The highest BCUT2D eigenvalue weighted by Gasteiger charge is 2.32. The van der Waals surface area contributed by atoms with Crippen LogP contribution in [0.15, 0.2) is 96.4 Å². The van der Waals surface area contributed by atoms with E-state index in [4.69, 9.17) is 11.1 Å². The van der Waals surface area contributed by atoms with Crippen molar-refractivity contribution in [2.24, 2.45) is 5.73 Å². The number of anilines is 1. The topological polar surface area (TPSA) is 245 Å². The Kier molecular flexibility index (Phi) is 14.9. The van der Waals surface area contributed by atoms with Crippen molar-refractivity contribution in [1.29, 1.82) is 5.41 Å². The van der Waals surface area contributed by atoms with Crippen LogP contribution >= 0.6 is 11.3 Å². The first-order valence-corrected chi connectivity index (χ1v) is 19.4. The number of nitrogens with two attached hydrogens (primary N) is 1. The zero-order valence-corrected chi connectivity index (χ0v) is 31.9. The van der Waals surface area contributed by atoms with Gasteiger partial charge >= 0.3 is 5.97 Å². The van der Waals surface area contributed by atoms with E-state index >= 15 is 0 Å². The zero-order valence-electron chi connectivity index (χ0n) is 31.1. The molecular weight excluding hydrogens is 749 g/mol. The SMILES string of the molecule is N=C(N)NCCC[C@@H]1NC(=O)[C@H](Cc2ccc(-c3ccccc3)cc2)NC(=O)[C@@H](Cc2cccs2)NC(=O)CCC(=O)Nc2ccc(cc2)C[C@@H](C(=O)O)NC1=O. The number of aliphatic carboxylic acids is 1. The van der Waals surface area contributed by atoms with Crippen molar-refractivity contribution in [3.05, 3.63) is 112 Å². The van der Waals surface area contributed by atoms with Gasteiger partial charge in [0, 0.05) is 49.2 Å². The first-order valence-electron chi connectivity index (χ1n) is 18.5. The Morgan fingerprint density at radius 2 is 1.37 bits per heavy atom. The van der Waals surface area contributed by atoms with Crippen LogP contribution in [0.25, 0.3) is 11.1 Å². The molecule has 0 saturated heterocycles. The van der Waals surface area contributed by atoms with Gasteiger partial charge in [0.1, 0.15) is 24.2 Å². The fourth-order valence-electron chi connectivity index (χ4n) is 6.24. The predicted molar refractivity (Wildman–Crippen MR) is 216 cm³/mol. The van der Waals surface area contributed by atoms with Crippen LogP contribution in [0.2, 0.25) is 0 Å². The van der Waals surface area contributed by atoms with E-state index in [1.807, 2.05) is 72.1 Å². The molecule has 0 saturated carbocycles. The van der Waals surface area contributed by atoms with Crippen LogP contribution < -0.4 is 37.6 Å². The van der Waals surface area contributed by atoms with Crippen molar-refractivity contribution >= 4 is 58.5 Å². The molecular formula is C41H46N8O7S. The summed E-state index contributed by atoms with van der Waals surface area (Å²) in [7, 11) is 0. The van der Waals surface area contributed by atoms with Crippen LogP contribution in [0.3, 0.4) is 0 Å². The Bertz CT molecular complexity index is 2030. The van der Waals surface area contributed by atoms with E-state index in [9.17, 15) is 33.9 Å². The van der Waals surface area contributed by atoms with Crippen molar-refractivity contribution in [2.75, 3.05) is 11.9 Å². The molecule has 0 fully saturated rings. The van der Waals surface area contributed by atoms with Gasteiger partial charge in [0.15, 0.2) is 5.96 Å². The maximum absolute atomic E-state index is 14.3. The van der Waals surface area contributed by atoms with Crippen LogP contribution in [-0.2, 0) is 48.0 Å².